The van der Waals surface area contributed by atoms with E-state index >= 15 is 0 Å². The molecule has 6 nitrogen and oxygen atoms in total. The van der Waals surface area contributed by atoms with Crippen molar-refractivity contribution in [2.75, 3.05) is 13.7 Å². The third kappa shape index (κ3) is 5.42. The molecule has 0 radical (unpaired) electrons. The number of hydrogen-bond donors (Lipinski definition) is 1. The number of hydrogen-bond acceptors (Lipinski definition) is 4. The molecule has 1 aromatic heterocycles. The Balaban J connectivity index is 2.01. The first-order valence-electron chi connectivity index (χ1n) is 7.55. The van der Waals surface area contributed by atoms with Crippen molar-refractivity contribution in [3.8, 4) is 0 Å². The highest BCUT2D eigenvalue weighted by Crippen LogP contribution is 2.12. The molecule has 25 heavy (non-hydrogen) atoms. The van der Waals surface area contributed by atoms with Crippen molar-refractivity contribution >= 4 is 17.2 Å². The number of nitrogens with zero attached hydrogens (tertiary/aromatic N) is 2. The molecule has 1 unspecified atom stereocenters. The van der Waals surface area contributed by atoms with Crippen molar-refractivity contribution in [1.29, 1.82) is 0 Å². The Morgan fingerprint density at radius 3 is 2.68 bits per heavy atom. The lowest BCUT2D eigenvalue weighted by atomic mass is 10.1. The molecule has 0 spiro atoms. The molecule has 2 aromatic rings. The number of pyridine rings is 1. The maximum absolute atomic E-state index is 13.6. The van der Waals surface area contributed by atoms with Crippen LogP contribution in [0, 0.1) is 12.7 Å². The van der Waals surface area contributed by atoms with Gasteiger partial charge in [-0.3, -0.25) is 9.54 Å². The summed E-state index contributed by atoms with van der Waals surface area (Å²) in [7, 11) is 1.28. The van der Waals surface area contributed by atoms with Crippen molar-refractivity contribution in [3.05, 3.63) is 64.7 Å². The molecule has 0 saturated carbocycles. The fraction of sp³-hybridized carbons (Fsp3) is 0.294. The number of esters is 1. The molecular weight excluding hydrogens is 347 g/mol. The largest absolute Gasteiger partial charge is 0.465 e. The summed E-state index contributed by atoms with van der Waals surface area (Å²) >= 11 is -2.20. The number of methoxy groups -OCH3 is 1. The first kappa shape index (κ1) is 19.2. The second-order valence-corrected chi connectivity index (χ2v) is 6.44. The highest BCUT2D eigenvalue weighted by Gasteiger charge is 2.14. The fourth-order valence-corrected chi connectivity index (χ4v) is 2.69. The molecular formula is C17H19FN2O4S. The molecule has 134 valence electrons. The lowest BCUT2D eigenvalue weighted by molar-refractivity contribution is 0.0600. The average molecular weight is 366 g/mol. The molecule has 0 aliphatic carbocycles. The number of carbonyl (C=O) groups excluding carboxylic acids is 1. The summed E-state index contributed by atoms with van der Waals surface area (Å²) in [4.78, 5) is 15.5. The molecule has 1 atom stereocenters. The van der Waals surface area contributed by atoms with E-state index in [1.807, 2.05) is 0 Å². The summed E-state index contributed by atoms with van der Waals surface area (Å²) in [6.45, 7) is 2.06. The van der Waals surface area contributed by atoms with Gasteiger partial charge in [-0.2, -0.15) is 4.31 Å². The van der Waals surface area contributed by atoms with Gasteiger partial charge in [-0.25, -0.2) is 13.4 Å². The third-order valence-corrected chi connectivity index (χ3v) is 4.44. The van der Waals surface area contributed by atoms with Gasteiger partial charge in [-0.15, -0.1) is 0 Å². The summed E-state index contributed by atoms with van der Waals surface area (Å²) in [5, 5.41) is 0. The predicted molar refractivity (Wildman–Crippen MR) is 91.6 cm³/mol. The van der Waals surface area contributed by atoms with Crippen LogP contribution in [0.4, 0.5) is 4.39 Å². The summed E-state index contributed by atoms with van der Waals surface area (Å²) < 4.78 is 40.4. The van der Waals surface area contributed by atoms with Crippen molar-refractivity contribution in [3.63, 3.8) is 0 Å². The van der Waals surface area contributed by atoms with Gasteiger partial charge in [0.1, 0.15) is 5.82 Å². The van der Waals surface area contributed by atoms with Crippen LogP contribution >= 0.6 is 0 Å². The van der Waals surface area contributed by atoms with E-state index in [9.17, 15) is 17.9 Å². The van der Waals surface area contributed by atoms with E-state index in [1.165, 1.54) is 23.7 Å². The average Bonchev–Trinajstić information content (AvgIpc) is 2.61. The van der Waals surface area contributed by atoms with E-state index in [-0.39, 0.29) is 18.9 Å². The molecule has 0 bridgehead atoms. The van der Waals surface area contributed by atoms with Gasteiger partial charge < -0.3 is 4.74 Å². The van der Waals surface area contributed by atoms with E-state index < -0.39 is 17.2 Å². The highest BCUT2D eigenvalue weighted by molar-refractivity contribution is 7.76. The van der Waals surface area contributed by atoms with Gasteiger partial charge >= 0.3 is 5.97 Å². The monoisotopic (exact) mass is 366 g/mol. The lowest BCUT2D eigenvalue weighted by Gasteiger charge is -2.17. The molecule has 0 saturated heterocycles. The normalized spacial score (nSPS) is 12.2. The second kappa shape index (κ2) is 8.80. The summed E-state index contributed by atoms with van der Waals surface area (Å²) in [5.74, 6) is -0.794. The zero-order valence-electron chi connectivity index (χ0n) is 13.9. The van der Waals surface area contributed by atoms with E-state index in [4.69, 9.17) is 0 Å². The highest BCUT2D eigenvalue weighted by atomic mass is 32.2. The molecule has 0 aliphatic rings. The second-order valence-electron chi connectivity index (χ2n) is 5.46. The van der Waals surface area contributed by atoms with Crippen molar-refractivity contribution < 1.29 is 22.7 Å². The van der Waals surface area contributed by atoms with Crippen LogP contribution in [0.1, 0.15) is 27.2 Å². The fourth-order valence-electron chi connectivity index (χ4n) is 2.20. The Bertz CT molecular complexity index is 768. The molecule has 0 aliphatic heterocycles. The van der Waals surface area contributed by atoms with Crippen LogP contribution < -0.4 is 0 Å². The number of rotatable bonds is 7. The molecule has 0 fully saturated rings. The summed E-state index contributed by atoms with van der Waals surface area (Å²) in [6, 6.07) is 8.04. The van der Waals surface area contributed by atoms with Gasteiger partial charge in [-0.05, 0) is 42.7 Å². The minimum Gasteiger partial charge on any atom is -0.465 e. The van der Waals surface area contributed by atoms with Gasteiger partial charge in [-0.1, -0.05) is 12.1 Å². The van der Waals surface area contributed by atoms with E-state index in [0.717, 1.165) is 5.56 Å². The Hall–Kier alpha value is -2.16. The minimum absolute atomic E-state index is 0.124. The number of halogens is 1. The van der Waals surface area contributed by atoms with Gasteiger partial charge in [0.15, 0.2) is 0 Å². The summed E-state index contributed by atoms with van der Waals surface area (Å²) in [5.41, 5.74) is 2.14. The van der Waals surface area contributed by atoms with Crippen LogP contribution in [0.5, 0.6) is 0 Å². The maximum atomic E-state index is 13.6. The zero-order chi connectivity index (χ0) is 18.4. The molecule has 0 amide bonds. The van der Waals surface area contributed by atoms with Crippen LogP contribution in [0.15, 0.2) is 36.5 Å². The zero-order valence-corrected chi connectivity index (χ0v) is 14.8. The Morgan fingerprint density at radius 2 is 2.12 bits per heavy atom. The van der Waals surface area contributed by atoms with Gasteiger partial charge in [0.25, 0.3) is 0 Å². The minimum atomic E-state index is -2.20. The first-order chi connectivity index (χ1) is 11.9. The van der Waals surface area contributed by atoms with Crippen molar-refractivity contribution in [2.45, 2.75) is 19.9 Å². The smallest absolute Gasteiger partial charge is 0.339 e. The topological polar surface area (TPSA) is 79.7 Å². The first-order valence-corrected chi connectivity index (χ1v) is 8.61. The number of benzene rings is 1. The predicted octanol–water partition coefficient (Wildman–Crippen LogP) is 2.50. The molecule has 1 heterocycles. The number of ether oxygens (including phenoxy) is 1. The molecule has 1 aromatic carbocycles. The molecule has 2 rings (SSSR count). The van der Waals surface area contributed by atoms with Crippen molar-refractivity contribution in [1.82, 2.24) is 9.29 Å². The number of aromatic nitrogens is 1. The van der Waals surface area contributed by atoms with E-state index in [0.29, 0.717) is 23.2 Å². The van der Waals surface area contributed by atoms with E-state index in [2.05, 4.69) is 9.72 Å². The number of aryl methyl sites for hydroxylation is 1. The quantitative estimate of drug-likeness (QED) is 0.602. The molecule has 8 heteroatoms. The van der Waals surface area contributed by atoms with Gasteiger partial charge in [0.05, 0.1) is 24.9 Å². The van der Waals surface area contributed by atoms with E-state index in [1.54, 1.807) is 31.2 Å². The maximum Gasteiger partial charge on any atom is 0.339 e. The van der Waals surface area contributed by atoms with Crippen LogP contribution in [0.3, 0.4) is 0 Å². The Morgan fingerprint density at radius 1 is 1.36 bits per heavy atom. The van der Waals surface area contributed by atoms with Crippen LogP contribution in [0.2, 0.25) is 0 Å². The van der Waals surface area contributed by atoms with Crippen molar-refractivity contribution in [2.24, 2.45) is 0 Å². The van der Waals surface area contributed by atoms with Crippen LogP contribution in [-0.2, 0) is 29.0 Å². The Labute approximate surface area is 148 Å². The third-order valence-electron chi connectivity index (χ3n) is 3.69. The molecule has 1 N–H and O–H groups in total. The number of carbonyl (C=O) groups is 1. The standard InChI is InChI=1S/C17H19FN2O4S/c1-12-3-4-13(9-16(12)18)7-8-20(25(22)23)11-15-6-5-14(10-19-15)17(21)24-2/h3-6,9-10H,7-8,11H2,1-2H3,(H,22,23). The Kier molecular flexibility index (Phi) is 6.74. The van der Waals surface area contributed by atoms with Crippen LogP contribution in [0.25, 0.3) is 0 Å². The van der Waals surface area contributed by atoms with Gasteiger partial charge in [0.2, 0.25) is 11.3 Å². The van der Waals surface area contributed by atoms with Gasteiger partial charge in [0, 0.05) is 12.7 Å². The SMILES string of the molecule is COC(=O)c1ccc(CN(CCc2ccc(C)c(F)c2)S(=O)O)nc1. The van der Waals surface area contributed by atoms with Crippen LogP contribution in [-0.4, -0.2) is 37.7 Å². The lowest BCUT2D eigenvalue weighted by Crippen LogP contribution is -2.28. The summed E-state index contributed by atoms with van der Waals surface area (Å²) in [6.07, 6.45) is 1.78.